The Morgan fingerprint density at radius 1 is 0.878 bits per heavy atom. The highest BCUT2D eigenvalue weighted by Gasteiger charge is 2.27. The van der Waals surface area contributed by atoms with Gasteiger partial charge in [0.2, 0.25) is 0 Å². The molecule has 210 valence electrons. The van der Waals surface area contributed by atoms with Crippen molar-refractivity contribution in [2.24, 2.45) is 5.10 Å². The van der Waals surface area contributed by atoms with E-state index in [0.717, 1.165) is 4.31 Å². The van der Waals surface area contributed by atoms with Crippen molar-refractivity contribution in [3.8, 4) is 5.75 Å². The summed E-state index contributed by atoms with van der Waals surface area (Å²) >= 11 is 6.12. The number of ether oxygens (including phenoxy) is 1. The number of hydrazone groups is 1. The van der Waals surface area contributed by atoms with Gasteiger partial charge in [0.15, 0.2) is 0 Å². The van der Waals surface area contributed by atoms with Crippen molar-refractivity contribution in [3.05, 3.63) is 119 Å². The van der Waals surface area contributed by atoms with Crippen LogP contribution in [0.15, 0.2) is 113 Å². The molecule has 0 aliphatic rings. The molecule has 0 aliphatic heterocycles. The molecule has 0 heterocycles. The van der Waals surface area contributed by atoms with E-state index in [1.165, 1.54) is 37.4 Å². The summed E-state index contributed by atoms with van der Waals surface area (Å²) in [6.45, 7) is 1.12. The first-order valence-electron chi connectivity index (χ1n) is 12.4. The second-order valence-corrected chi connectivity index (χ2v) is 11.1. The molecule has 4 aromatic carbocycles. The third-order valence-electron chi connectivity index (χ3n) is 5.95. The van der Waals surface area contributed by atoms with Crippen LogP contribution in [0.5, 0.6) is 5.75 Å². The number of anilines is 2. The number of hydrogen-bond donors (Lipinski definition) is 2. The fourth-order valence-electron chi connectivity index (χ4n) is 3.81. The second kappa shape index (κ2) is 13.1. The number of sulfonamides is 1. The molecule has 0 fully saturated rings. The third-order valence-corrected chi connectivity index (χ3v) is 7.98. The molecule has 41 heavy (non-hydrogen) atoms. The molecule has 0 spiro atoms. The first-order chi connectivity index (χ1) is 19.7. The van der Waals surface area contributed by atoms with Gasteiger partial charge < -0.3 is 10.1 Å². The first-order valence-corrected chi connectivity index (χ1v) is 14.2. The SMILES string of the molecule is COc1ccc(S(=O)(=O)N(CC(=O)N/N=C(/C)c2cccc(NC(=O)c3ccccc3)c2)c2cccc(Cl)c2)cc1. The topological polar surface area (TPSA) is 117 Å². The van der Waals surface area contributed by atoms with Crippen LogP contribution >= 0.6 is 11.6 Å². The van der Waals surface area contributed by atoms with Gasteiger partial charge in [-0.05, 0) is 79.2 Å². The minimum Gasteiger partial charge on any atom is -0.497 e. The van der Waals surface area contributed by atoms with Gasteiger partial charge in [0.25, 0.3) is 21.8 Å². The summed E-state index contributed by atoms with van der Waals surface area (Å²) in [6, 6.07) is 27.8. The van der Waals surface area contributed by atoms with Crippen LogP contribution < -0.4 is 19.8 Å². The Labute approximate surface area is 243 Å². The van der Waals surface area contributed by atoms with Crippen molar-refractivity contribution in [1.29, 1.82) is 0 Å². The van der Waals surface area contributed by atoms with Crippen molar-refractivity contribution < 1.29 is 22.7 Å². The van der Waals surface area contributed by atoms with Crippen LogP contribution in [-0.2, 0) is 14.8 Å². The standard InChI is InChI=1S/C30H27ClN4O5S/c1-21(23-10-6-12-25(18-23)32-30(37)22-8-4-3-5-9-22)33-34-29(36)20-35(26-13-7-11-24(31)19-26)41(38,39)28-16-14-27(40-2)15-17-28/h3-19H,20H2,1-2H3,(H,32,37)(H,34,36)/b33-21-. The number of nitrogens with one attached hydrogen (secondary N) is 2. The van der Waals surface area contributed by atoms with Crippen molar-refractivity contribution in [2.45, 2.75) is 11.8 Å². The minimum atomic E-state index is -4.15. The van der Waals surface area contributed by atoms with E-state index in [4.69, 9.17) is 16.3 Å². The van der Waals surface area contributed by atoms with Gasteiger partial charge in [0.05, 0.1) is 23.4 Å². The maximum Gasteiger partial charge on any atom is 0.264 e. The summed E-state index contributed by atoms with van der Waals surface area (Å²) in [4.78, 5) is 25.4. The molecule has 0 saturated carbocycles. The maximum atomic E-state index is 13.6. The van der Waals surface area contributed by atoms with Gasteiger partial charge in [0.1, 0.15) is 12.3 Å². The largest absolute Gasteiger partial charge is 0.497 e. The van der Waals surface area contributed by atoms with Crippen molar-refractivity contribution >= 4 is 50.5 Å². The fraction of sp³-hybridized carbons (Fsp3) is 0.100. The zero-order valence-electron chi connectivity index (χ0n) is 22.2. The molecule has 0 atom stereocenters. The summed E-state index contributed by atoms with van der Waals surface area (Å²) in [7, 11) is -2.67. The lowest BCUT2D eigenvalue weighted by molar-refractivity contribution is -0.119. The van der Waals surface area contributed by atoms with Crippen LogP contribution in [0.3, 0.4) is 0 Å². The van der Waals surface area contributed by atoms with Crippen LogP contribution in [0, 0.1) is 0 Å². The fourth-order valence-corrected chi connectivity index (χ4v) is 5.41. The second-order valence-electron chi connectivity index (χ2n) is 8.80. The number of amides is 2. The Kier molecular flexibility index (Phi) is 9.38. The monoisotopic (exact) mass is 590 g/mol. The summed E-state index contributed by atoms with van der Waals surface area (Å²) < 4.78 is 33.2. The molecule has 9 nitrogen and oxygen atoms in total. The summed E-state index contributed by atoms with van der Waals surface area (Å²) in [5.41, 5.74) is 4.80. The Hall–Kier alpha value is -4.67. The van der Waals surface area contributed by atoms with Crippen molar-refractivity contribution in [1.82, 2.24) is 5.43 Å². The molecule has 0 aromatic heterocycles. The predicted octanol–water partition coefficient (Wildman–Crippen LogP) is 5.34. The molecule has 2 amide bonds. The highest BCUT2D eigenvalue weighted by atomic mass is 35.5. The zero-order chi connectivity index (χ0) is 29.4. The highest BCUT2D eigenvalue weighted by molar-refractivity contribution is 7.92. The molecular weight excluding hydrogens is 564 g/mol. The minimum absolute atomic E-state index is 0.0277. The highest BCUT2D eigenvalue weighted by Crippen LogP contribution is 2.27. The molecular formula is C30H27ClN4O5S. The van der Waals surface area contributed by atoms with Gasteiger partial charge >= 0.3 is 0 Å². The molecule has 0 bridgehead atoms. The van der Waals surface area contributed by atoms with Gasteiger partial charge in [-0.15, -0.1) is 0 Å². The number of carbonyl (C=O) groups excluding carboxylic acids is 2. The smallest absolute Gasteiger partial charge is 0.264 e. The first kappa shape index (κ1) is 29.3. The molecule has 4 rings (SSSR count). The molecule has 0 unspecified atom stereocenters. The number of methoxy groups -OCH3 is 1. The number of halogens is 1. The van der Waals surface area contributed by atoms with E-state index in [1.54, 1.807) is 73.7 Å². The van der Waals surface area contributed by atoms with E-state index in [2.05, 4.69) is 15.8 Å². The van der Waals surface area contributed by atoms with Crippen molar-refractivity contribution in [3.63, 3.8) is 0 Å². The summed E-state index contributed by atoms with van der Waals surface area (Å²) in [5.74, 6) is -0.440. The number of nitrogens with zero attached hydrogens (tertiary/aromatic N) is 2. The van der Waals surface area contributed by atoms with Crippen LogP contribution in [0.4, 0.5) is 11.4 Å². The molecule has 0 radical (unpaired) electrons. The van der Waals surface area contributed by atoms with E-state index in [9.17, 15) is 18.0 Å². The van der Waals surface area contributed by atoms with Crippen molar-refractivity contribution in [2.75, 3.05) is 23.3 Å². The van der Waals surface area contributed by atoms with Gasteiger partial charge in [-0.3, -0.25) is 13.9 Å². The number of rotatable bonds is 10. The van der Waals surface area contributed by atoms with Crippen LogP contribution in [0.25, 0.3) is 0 Å². The normalized spacial score (nSPS) is 11.4. The number of hydrogen-bond acceptors (Lipinski definition) is 6. The Balaban J connectivity index is 1.51. The average Bonchev–Trinajstić information content (AvgIpc) is 2.99. The van der Waals surface area contributed by atoms with E-state index in [-0.39, 0.29) is 16.5 Å². The predicted molar refractivity (Wildman–Crippen MR) is 160 cm³/mol. The molecule has 0 aliphatic carbocycles. The van der Waals surface area contributed by atoms with Gasteiger partial charge in [-0.25, -0.2) is 13.8 Å². The maximum absolute atomic E-state index is 13.6. The Morgan fingerprint density at radius 3 is 2.24 bits per heavy atom. The van der Waals surface area contributed by atoms with Gasteiger partial charge in [-0.1, -0.05) is 48.0 Å². The van der Waals surface area contributed by atoms with E-state index in [1.807, 2.05) is 6.07 Å². The molecule has 11 heteroatoms. The summed E-state index contributed by atoms with van der Waals surface area (Å²) in [6.07, 6.45) is 0. The lowest BCUT2D eigenvalue weighted by atomic mass is 10.1. The Bertz CT molecular complexity index is 1680. The van der Waals surface area contributed by atoms with E-state index >= 15 is 0 Å². The number of benzene rings is 4. The average molecular weight is 591 g/mol. The lowest BCUT2D eigenvalue weighted by Gasteiger charge is -2.24. The van der Waals surface area contributed by atoms with Crippen LogP contribution in [-0.4, -0.2) is 39.6 Å². The third kappa shape index (κ3) is 7.50. The van der Waals surface area contributed by atoms with E-state index < -0.39 is 22.5 Å². The molecule has 4 aromatic rings. The molecule has 0 saturated heterocycles. The number of carbonyl (C=O) groups is 2. The molecule has 2 N–H and O–H groups in total. The zero-order valence-corrected chi connectivity index (χ0v) is 23.8. The van der Waals surface area contributed by atoms with Gasteiger partial charge in [0, 0.05) is 16.3 Å². The quantitative estimate of drug-likeness (QED) is 0.191. The van der Waals surface area contributed by atoms with E-state index in [0.29, 0.717) is 33.3 Å². The van der Waals surface area contributed by atoms with Gasteiger partial charge in [-0.2, -0.15) is 5.10 Å². The summed E-state index contributed by atoms with van der Waals surface area (Å²) in [5, 5.41) is 7.30. The Morgan fingerprint density at radius 2 is 1.56 bits per heavy atom. The van der Waals surface area contributed by atoms with Crippen LogP contribution in [0.2, 0.25) is 5.02 Å². The van der Waals surface area contributed by atoms with Crippen LogP contribution in [0.1, 0.15) is 22.8 Å². The lowest BCUT2D eigenvalue weighted by Crippen LogP contribution is -2.39.